The zero-order valence-corrected chi connectivity index (χ0v) is 24.6. The highest BCUT2D eigenvalue weighted by atomic mass is 19.1. The Morgan fingerprint density at radius 1 is 1.16 bits per heavy atom. The van der Waals surface area contributed by atoms with Crippen LogP contribution in [0.5, 0.6) is 17.6 Å². The van der Waals surface area contributed by atoms with Crippen molar-refractivity contribution < 1.29 is 32.5 Å². The van der Waals surface area contributed by atoms with Gasteiger partial charge in [-0.3, -0.25) is 4.90 Å². The van der Waals surface area contributed by atoms with Gasteiger partial charge in [0.25, 0.3) is 0 Å². The summed E-state index contributed by atoms with van der Waals surface area (Å²) in [5.74, 6) is 1.10. The van der Waals surface area contributed by atoms with Crippen LogP contribution in [0.3, 0.4) is 0 Å². The maximum absolute atomic E-state index is 16.9. The van der Waals surface area contributed by atoms with Crippen molar-refractivity contribution in [3.8, 4) is 41.2 Å². The third-order valence-electron chi connectivity index (χ3n) is 9.98. The van der Waals surface area contributed by atoms with Crippen molar-refractivity contribution >= 4 is 27.5 Å². The Labute approximate surface area is 256 Å². The van der Waals surface area contributed by atoms with Gasteiger partial charge in [0.15, 0.2) is 5.82 Å². The number of phenols is 1. The minimum absolute atomic E-state index is 0.0676. The van der Waals surface area contributed by atoms with Crippen molar-refractivity contribution in [2.24, 2.45) is 0 Å². The lowest BCUT2D eigenvalue weighted by atomic mass is 9.95. The van der Waals surface area contributed by atoms with Gasteiger partial charge in [0.05, 0.1) is 17.7 Å². The second-order valence-electron chi connectivity index (χ2n) is 12.5. The third kappa shape index (κ3) is 4.20. The van der Waals surface area contributed by atoms with Crippen molar-refractivity contribution in [3.63, 3.8) is 0 Å². The number of hydrogen-bond acceptors (Lipinski definition) is 9. The minimum atomic E-state index is -0.940. The van der Waals surface area contributed by atoms with Crippen molar-refractivity contribution in [1.82, 2.24) is 19.9 Å². The zero-order valence-electron chi connectivity index (χ0n) is 24.6. The van der Waals surface area contributed by atoms with E-state index in [1.807, 2.05) is 11.9 Å². The molecule has 4 aromatic rings. The molecule has 3 fully saturated rings. The average molecular weight is 618 g/mol. The molecule has 232 valence electrons. The lowest BCUT2D eigenvalue weighted by Crippen LogP contribution is -2.51. The van der Waals surface area contributed by atoms with E-state index in [0.29, 0.717) is 43.8 Å². The van der Waals surface area contributed by atoms with Gasteiger partial charge in [-0.15, -0.1) is 6.42 Å². The van der Waals surface area contributed by atoms with Crippen LogP contribution in [0.2, 0.25) is 0 Å². The first-order valence-corrected chi connectivity index (χ1v) is 15.0. The fraction of sp³-hybridized carbons (Fsp3) is 0.424. The number of fused-ring (bicyclic) bond motifs is 2. The maximum Gasteiger partial charge on any atom is 0.319 e. The van der Waals surface area contributed by atoms with Crippen molar-refractivity contribution in [2.45, 2.75) is 42.9 Å². The third-order valence-corrected chi connectivity index (χ3v) is 9.98. The summed E-state index contributed by atoms with van der Waals surface area (Å²) < 4.78 is 64.5. The summed E-state index contributed by atoms with van der Waals surface area (Å²) in [6, 6.07) is 5.31. The van der Waals surface area contributed by atoms with E-state index in [4.69, 9.17) is 25.6 Å². The van der Waals surface area contributed by atoms with E-state index < -0.39 is 28.9 Å². The minimum Gasteiger partial charge on any atom is -0.508 e. The summed E-state index contributed by atoms with van der Waals surface area (Å²) in [6.07, 6.45) is 7.46. The Bertz CT molecular complexity index is 1930. The first-order chi connectivity index (χ1) is 21.7. The van der Waals surface area contributed by atoms with Gasteiger partial charge in [0, 0.05) is 37.6 Å². The molecule has 8 rings (SSSR count). The molecule has 0 saturated carbocycles. The van der Waals surface area contributed by atoms with Crippen LogP contribution in [0.1, 0.15) is 31.2 Å². The number of anilines is 1. The molecule has 45 heavy (non-hydrogen) atoms. The van der Waals surface area contributed by atoms with Crippen molar-refractivity contribution in [1.29, 1.82) is 0 Å². The van der Waals surface area contributed by atoms with Gasteiger partial charge in [-0.1, -0.05) is 12.0 Å². The van der Waals surface area contributed by atoms with Crippen LogP contribution in [0.15, 0.2) is 24.3 Å². The van der Waals surface area contributed by atoms with Crippen LogP contribution < -0.4 is 14.4 Å². The molecule has 1 spiro atoms. The van der Waals surface area contributed by atoms with Crippen LogP contribution in [-0.4, -0.2) is 88.8 Å². The summed E-state index contributed by atoms with van der Waals surface area (Å²) in [4.78, 5) is 17.9. The fourth-order valence-corrected chi connectivity index (χ4v) is 7.59. The predicted octanol–water partition coefficient (Wildman–Crippen LogP) is 4.75. The number of ether oxygens (including phenoxy) is 3. The van der Waals surface area contributed by atoms with E-state index in [1.54, 1.807) is 0 Å². The second-order valence-corrected chi connectivity index (χ2v) is 12.5. The van der Waals surface area contributed by atoms with E-state index >= 15 is 4.39 Å². The van der Waals surface area contributed by atoms with Crippen LogP contribution >= 0.6 is 0 Å². The molecule has 4 aliphatic rings. The first-order valence-electron chi connectivity index (χ1n) is 15.0. The molecule has 1 N–H and O–H groups in total. The van der Waals surface area contributed by atoms with E-state index in [2.05, 4.69) is 20.8 Å². The molecule has 0 amide bonds. The fourth-order valence-electron chi connectivity index (χ4n) is 7.59. The molecule has 2 aromatic carbocycles. The SMILES string of the molecule is C#Cc1c(F)ccc2cc(O)cc(-c3nc4c5c(nc(OC[C@@]67CCCN6C[C@H](F)C7)nc5c3F)N(C)C3(CCOC3)CO4)c12. The number of rotatable bonds is 4. The average Bonchev–Trinajstić information content (AvgIpc) is 3.72. The van der Waals surface area contributed by atoms with Gasteiger partial charge in [-0.2, -0.15) is 9.97 Å². The Morgan fingerprint density at radius 2 is 2.02 bits per heavy atom. The number of aromatic nitrogens is 3. The number of hydrogen-bond donors (Lipinski definition) is 1. The second kappa shape index (κ2) is 10.1. The van der Waals surface area contributed by atoms with Crippen LogP contribution in [0, 0.1) is 24.0 Å². The Kier molecular flexibility index (Phi) is 6.31. The normalized spacial score (nSPS) is 25.9. The number of aromatic hydroxyl groups is 1. The van der Waals surface area contributed by atoms with Crippen LogP contribution in [0.4, 0.5) is 19.0 Å². The molecular weight excluding hydrogens is 587 g/mol. The summed E-state index contributed by atoms with van der Waals surface area (Å²) in [5, 5.41) is 11.5. The number of nitrogens with zero attached hydrogens (tertiary/aromatic N) is 5. The number of alkyl halides is 1. The van der Waals surface area contributed by atoms with Crippen molar-refractivity contribution in [3.05, 3.63) is 41.5 Å². The molecule has 6 heterocycles. The van der Waals surface area contributed by atoms with Gasteiger partial charge in [-0.25, -0.2) is 18.2 Å². The summed E-state index contributed by atoms with van der Waals surface area (Å²) in [5.41, 5.74) is -1.44. The monoisotopic (exact) mass is 617 g/mol. The number of likely N-dealkylation sites (N-methyl/N-ethyl adjacent to an activating group) is 1. The highest BCUT2D eigenvalue weighted by Crippen LogP contribution is 2.46. The number of halogens is 3. The molecular formula is C33H30F3N5O4. The molecule has 4 aliphatic heterocycles. The molecule has 3 saturated heterocycles. The zero-order chi connectivity index (χ0) is 31.1. The quantitative estimate of drug-likeness (QED) is 0.326. The summed E-state index contributed by atoms with van der Waals surface area (Å²) in [7, 11) is 1.84. The largest absolute Gasteiger partial charge is 0.508 e. The molecule has 3 atom stereocenters. The predicted molar refractivity (Wildman–Crippen MR) is 160 cm³/mol. The number of benzene rings is 2. The number of pyridine rings is 1. The van der Waals surface area contributed by atoms with Gasteiger partial charge in [0.1, 0.15) is 58.9 Å². The van der Waals surface area contributed by atoms with Gasteiger partial charge >= 0.3 is 6.01 Å². The lowest BCUT2D eigenvalue weighted by molar-refractivity contribution is 0.107. The highest BCUT2D eigenvalue weighted by Gasteiger charge is 2.50. The number of phenolic OH excluding ortho intramolecular Hbond substituents is 1. The molecule has 2 aromatic heterocycles. The van der Waals surface area contributed by atoms with E-state index in [1.165, 1.54) is 24.3 Å². The molecule has 9 nitrogen and oxygen atoms in total. The topological polar surface area (TPSA) is 93.1 Å². The molecule has 0 radical (unpaired) electrons. The van der Waals surface area contributed by atoms with Crippen LogP contribution in [-0.2, 0) is 4.74 Å². The molecule has 0 aliphatic carbocycles. The standard InChI is InChI=1S/C33H30F3N5O4/c1-3-21-23(35)6-5-18-11-20(42)12-22(24(18)21)27-26(36)28-25-29(40(2)33(8-10-43-15-33)17-44-30(25)37-27)39-31(38-28)45-16-32-7-4-9-41(32)14-19(34)13-32/h1,5-6,11-12,19,42H,4,7-10,13-17H2,2H3/t19-,32+,33?/m1/s1. The number of terminal acetylenes is 1. The Morgan fingerprint density at radius 3 is 2.82 bits per heavy atom. The molecule has 0 bridgehead atoms. The highest BCUT2D eigenvalue weighted by molar-refractivity contribution is 6.04. The van der Waals surface area contributed by atoms with Crippen LogP contribution in [0.25, 0.3) is 32.9 Å². The smallest absolute Gasteiger partial charge is 0.319 e. The molecule has 1 unspecified atom stereocenters. The van der Waals surface area contributed by atoms with E-state index in [-0.39, 0.29) is 64.0 Å². The maximum atomic E-state index is 16.9. The van der Waals surface area contributed by atoms with Gasteiger partial charge in [-0.05, 0) is 49.4 Å². The Balaban J connectivity index is 1.34. The summed E-state index contributed by atoms with van der Waals surface area (Å²) >= 11 is 0. The van der Waals surface area contributed by atoms with Gasteiger partial charge < -0.3 is 24.2 Å². The lowest BCUT2D eigenvalue weighted by Gasteiger charge is -2.36. The first kappa shape index (κ1) is 28.2. The Hall–Kier alpha value is -4.34. The van der Waals surface area contributed by atoms with E-state index in [0.717, 1.165) is 19.4 Å². The summed E-state index contributed by atoms with van der Waals surface area (Å²) in [6.45, 7) is 2.34. The van der Waals surface area contributed by atoms with E-state index in [9.17, 15) is 13.9 Å². The van der Waals surface area contributed by atoms with Gasteiger partial charge in [0.2, 0.25) is 5.88 Å². The molecule has 12 heteroatoms. The van der Waals surface area contributed by atoms with Crippen molar-refractivity contribution in [2.75, 3.05) is 51.5 Å².